The molecule has 5 rings (SSSR count). The van der Waals surface area contributed by atoms with Crippen LogP contribution in [0.3, 0.4) is 0 Å². The van der Waals surface area contributed by atoms with Crippen molar-refractivity contribution in [2.75, 3.05) is 6.79 Å². The summed E-state index contributed by atoms with van der Waals surface area (Å²) in [5.74, 6) is 0.150. The number of fused-ring (bicyclic) bond motifs is 4. The Morgan fingerprint density at radius 1 is 0.968 bits per heavy atom. The van der Waals surface area contributed by atoms with Gasteiger partial charge in [-0.2, -0.15) is 0 Å². The second kappa shape index (κ2) is 7.69. The maximum Gasteiger partial charge on any atom is 0.410 e. The normalized spacial score (nSPS) is 31.0. The quantitative estimate of drug-likeness (QED) is 0.543. The van der Waals surface area contributed by atoms with Crippen LogP contribution in [0.25, 0.3) is 0 Å². The van der Waals surface area contributed by atoms with Crippen LogP contribution in [0.2, 0.25) is 0 Å². The van der Waals surface area contributed by atoms with Crippen LogP contribution in [0.1, 0.15) is 22.6 Å². The van der Waals surface area contributed by atoms with Crippen LogP contribution in [0.5, 0.6) is 11.5 Å². The third-order valence-corrected chi connectivity index (χ3v) is 6.27. The average Bonchev–Trinajstić information content (AvgIpc) is 3.25. The second-order valence-corrected chi connectivity index (χ2v) is 8.05. The van der Waals surface area contributed by atoms with E-state index < -0.39 is 42.5 Å². The number of aliphatic hydroxyl groups excluding tert-OH is 4. The molecule has 1 amide bonds. The second-order valence-electron chi connectivity index (χ2n) is 8.05. The van der Waals surface area contributed by atoms with Crippen molar-refractivity contribution in [3.05, 3.63) is 59.2 Å². The lowest BCUT2D eigenvalue weighted by molar-refractivity contribution is -0.174. The molecule has 2 heterocycles. The number of aliphatic hydroxyl groups is 4. The summed E-state index contributed by atoms with van der Waals surface area (Å²) >= 11 is 0. The average molecular weight is 429 g/mol. The highest BCUT2D eigenvalue weighted by atomic mass is 16.7. The molecule has 2 aromatic rings. The standard InChI is InChI=1S/C22H23NO8/c24-18-16-13-7-15-14(30-10-31-15)6-12(13)8-23(17(16)19(25)21(27)20(18)26)22(28)29-9-11-4-2-1-3-5-11/h1-7,16-21,24-27H,8-10H2/t16-,17+,18-,19-,20-,21-/m0/s1. The molecule has 9 nitrogen and oxygen atoms in total. The third-order valence-electron chi connectivity index (χ3n) is 6.27. The SMILES string of the molecule is O=C(OCc1ccccc1)N1Cc2cc3c(cc2[C@@H]2[C@H](O)[C@H](O)[C@@H](O)[C@@H](O)[C@@H]21)OCO3. The van der Waals surface area contributed by atoms with E-state index in [1.807, 2.05) is 30.3 Å². The fourth-order valence-corrected chi connectivity index (χ4v) is 4.70. The third kappa shape index (κ3) is 3.30. The Hall–Kier alpha value is -2.85. The Balaban J connectivity index is 1.50. The van der Waals surface area contributed by atoms with E-state index in [0.717, 1.165) is 5.56 Å². The number of ether oxygens (including phenoxy) is 3. The van der Waals surface area contributed by atoms with Gasteiger partial charge in [-0.15, -0.1) is 0 Å². The number of rotatable bonds is 2. The molecule has 0 aromatic heterocycles. The number of benzene rings is 2. The van der Waals surface area contributed by atoms with Crippen molar-refractivity contribution in [1.82, 2.24) is 4.90 Å². The van der Waals surface area contributed by atoms with Crippen molar-refractivity contribution in [1.29, 1.82) is 0 Å². The van der Waals surface area contributed by atoms with Gasteiger partial charge in [-0.05, 0) is 28.8 Å². The molecule has 6 atom stereocenters. The minimum Gasteiger partial charge on any atom is -0.454 e. The van der Waals surface area contributed by atoms with E-state index in [0.29, 0.717) is 22.6 Å². The lowest BCUT2D eigenvalue weighted by Crippen LogP contribution is -2.66. The number of nitrogens with zero attached hydrogens (tertiary/aromatic N) is 1. The van der Waals surface area contributed by atoms with E-state index in [1.165, 1.54) is 4.90 Å². The van der Waals surface area contributed by atoms with Crippen molar-refractivity contribution in [3.63, 3.8) is 0 Å². The highest BCUT2D eigenvalue weighted by Gasteiger charge is 2.55. The summed E-state index contributed by atoms with van der Waals surface area (Å²) in [6.45, 7) is 0.167. The van der Waals surface area contributed by atoms with Crippen LogP contribution < -0.4 is 9.47 Å². The lowest BCUT2D eigenvalue weighted by Gasteiger charge is -2.51. The van der Waals surface area contributed by atoms with Gasteiger partial charge >= 0.3 is 6.09 Å². The highest BCUT2D eigenvalue weighted by molar-refractivity contribution is 5.70. The van der Waals surface area contributed by atoms with Gasteiger partial charge in [0.2, 0.25) is 6.79 Å². The Bertz CT molecular complexity index is 983. The molecule has 164 valence electrons. The van der Waals surface area contributed by atoms with Gasteiger partial charge in [0.15, 0.2) is 11.5 Å². The Morgan fingerprint density at radius 2 is 1.65 bits per heavy atom. The number of hydrogen-bond donors (Lipinski definition) is 4. The van der Waals surface area contributed by atoms with E-state index in [2.05, 4.69) is 0 Å². The van der Waals surface area contributed by atoms with Crippen LogP contribution in [0.4, 0.5) is 4.79 Å². The van der Waals surface area contributed by atoms with Gasteiger partial charge in [0.1, 0.15) is 24.9 Å². The van der Waals surface area contributed by atoms with E-state index in [-0.39, 0.29) is 19.9 Å². The van der Waals surface area contributed by atoms with Crippen molar-refractivity contribution in [2.24, 2.45) is 0 Å². The molecule has 0 unspecified atom stereocenters. The highest BCUT2D eigenvalue weighted by Crippen LogP contribution is 2.47. The first-order chi connectivity index (χ1) is 15.0. The van der Waals surface area contributed by atoms with Gasteiger partial charge < -0.3 is 34.6 Å². The van der Waals surface area contributed by atoms with Crippen LogP contribution in [0, 0.1) is 0 Å². The summed E-state index contributed by atoms with van der Waals surface area (Å²) in [7, 11) is 0. The topological polar surface area (TPSA) is 129 Å². The molecule has 2 aliphatic heterocycles. The molecular formula is C22H23NO8. The summed E-state index contributed by atoms with van der Waals surface area (Å²) in [5.41, 5.74) is 2.10. The number of hydrogen-bond acceptors (Lipinski definition) is 8. The van der Waals surface area contributed by atoms with Gasteiger partial charge in [-0.25, -0.2) is 4.79 Å². The first kappa shape index (κ1) is 20.1. The van der Waals surface area contributed by atoms with Crippen LogP contribution in [-0.2, 0) is 17.9 Å². The molecule has 2 aromatic carbocycles. The molecule has 3 aliphatic rings. The molecule has 0 spiro atoms. The molecule has 9 heteroatoms. The fraction of sp³-hybridized carbons (Fsp3) is 0.409. The van der Waals surface area contributed by atoms with E-state index in [1.54, 1.807) is 12.1 Å². The zero-order chi connectivity index (χ0) is 21.7. The summed E-state index contributed by atoms with van der Waals surface area (Å²) in [6.07, 6.45) is -6.78. The Morgan fingerprint density at radius 3 is 2.39 bits per heavy atom. The van der Waals surface area contributed by atoms with E-state index in [4.69, 9.17) is 14.2 Å². The predicted octanol–water partition coefficient (Wildman–Crippen LogP) is 0.477. The molecule has 4 N–H and O–H groups in total. The summed E-state index contributed by atoms with van der Waals surface area (Å²) in [4.78, 5) is 14.3. The summed E-state index contributed by atoms with van der Waals surface area (Å²) in [5, 5.41) is 42.1. The summed E-state index contributed by atoms with van der Waals surface area (Å²) < 4.78 is 16.3. The zero-order valence-electron chi connectivity index (χ0n) is 16.5. The zero-order valence-corrected chi connectivity index (χ0v) is 16.5. The molecule has 0 radical (unpaired) electrons. The molecule has 1 saturated carbocycles. The molecule has 1 fully saturated rings. The minimum absolute atomic E-state index is 0.0331. The van der Waals surface area contributed by atoms with E-state index >= 15 is 0 Å². The van der Waals surface area contributed by atoms with Gasteiger partial charge in [0, 0.05) is 12.5 Å². The minimum atomic E-state index is -1.61. The van der Waals surface area contributed by atoms with Crippen LogP contribution >= 0.6 is 0 Å². The van der Waals surface area contributed by atoms with Crippen LogP contribution in [0.15, 0.2) is 42.5 Å². The summed E-state index contributed by atoms with van der Waals surface area (Å²) in [6, 6.07) is 11.6. The first-order valence-corrected chi connectivity index (χ1v) is 10.1. The van der Waals surface area contributed by atoms with Gasteiger partial charge in [0.05, 0.1) is 12.1 Å². The smallest absolute Gasteiger partial charge is 0.410 e. The van der Waals surface area contributed by atoms with E-state index in [9.17, 15) is 25.2 Å². The first-order valence-electron chi connectivity index (χ1n) is 10.1. The molecule has 1 aliphatic carbocycles. The Labute approximate surface area is 178 Å². The maximum atomic E-state index is 13.0. The fourth-order valence-electron chi connectivity index (χ4n) is 4.70. The molecule has 31 heavy (non-hydrogen) atoms. The van der Waals surface area contributed by atoms with Crippen molar-refractivity contribution < 1.29 is 39.4 Å². The molecular weight excluding hydrogens is 406 g/mol. The molecule has 0 saturated heterocycles. The maximum absolute atomic E-state index is 13.0. The number of carbonyl (C=O) groups is 1. The lowest BCUT2D eigenvalue weighted by atomic mass is 9.69. The van der Waals surface area contributed by atoms with Crippen molar-refractivity contribution in [2.45, 2.75) is 49.5 Å². The number of amides is 1. The Kier molecular flexibility index (Phi) is 4.98. The largest absolute Gasteiger partial charge is 0.454 e. The number of carbonyl (C=O) groups excluding carboxylic acids is 1. The van der Waals surface area contributed by atoms with Crippen molar-refractivity contribution >= 4 is 6.09 Å². The van der Waals surface area contributed by atoms with Crippen molar-refractivity contribution in [3.8, 4) is 11.5 Å². The van der Waals surface area contributed by atoms with Crippen LogP contribution in [-0.4, -0.2) is 68.7 Å². The predicted molar refractivity (Wildman–Crippen MR) is 105 cm³/mol. The monoisotopic (exact) mass is 429 g/mol. The van der Waals surface area contributed by atoms with Gasteiger partial charge in [-0.1, -0.05) is 30.3 Å². The molecule has 0 bridgehead atoms. The van der Waals surface area contributed by atoms with Gasteiger partial charge in [-0.3, -0.25) is 4.90 Å². The van der Waals surface area contributed by atoms with Gasteiger partial charge in [0.25, 0.3) is 0 Å².